The molecule has 4 aromatic heterocycles. The van der Waals surface area contributed by atoms with Gasteiger partial charge in [-0.1, -0.05) is 12.1 Å². The maximum absolute atomic E-state index is 13.7. The van der Waals surface area contributed by atoms with E-state index in [2.05, 4.69) is 30.2 Å². The maximum Gasteiger partial charge on any atom is 0.273 e. The first kappa shape index (κ1) is 26.7. The van der Waals surface area contributed by atoms with Crippen LogP contribution in [-0.2, 0) is 32.4 Å². The number of pyridine rings is 1. The van der Waals surface area contributed by atoms with Crippen molar-refractivity contribution in [2.45, 2.75) is 32.4 Å². The van der Waals surface area contributed by atoms with Gasteiger partial charge < -0.3 is 29.8 Å². The normalized spacial score (nSPS) is 11.2. The van der Waals surface area contributed by atoms with Crippen molar-refractivity contribution in [3.8, 4) is 0 Å². The number of halogens is 1. The number of imidazole rings is 1. The van der Waals surface area contributed by atoms with Crippen LogP contribution in [0.25, 0.3) is 11.0 Å². The molecule has 0 saturated heterocycles. The zero-order valence-electron chi connectivity index (χ0n) is 21.5. The van der Waals surface area contributed by atoms with Crippen molar-refractivity contribution in [1.82, 2.24) is 35.1 Å². The first-order valence-electron chi connectivity index (χ1n) is 12.7. The van der Waals surface area contributed by atoms with E-state index >= 15 is 0 Å². The minimum Gasteiger partial charge on any atom is -0.448 e. The summed E-state index contributed by atoms with van der Waals surface area (Å²) in [5.41, 5.74) is 7.51. The van der Waals surface area contributed by atoms with Crippen molar-refractivity contribution >= 4 is 22.8 Å². The second-order valence-corrected chi connectivity index (χ2v) is 8.90. The number of primary amides is 1. The minimum atomic E-state index is -0.628. The van der Waals surface area contributed by atoms with Gasteiger partial charge in [-0.3, -0.25) is 14.6 Å². The van der Waals surface area contributed by atoms with Crippen LogP contribution in [0.3, 0.4) is 0 Å². The Morgan fingerprint density at radius 2 is 1.68 bits per heavy atom. The molecule has 0 aliphatic rings. The quantitative estimate of drug-likeness (QED) is 0.188. The molecule has 0 aliphatic heterocycles. The van der Waals surface area contributed by atoms with E-state index in [0.717, 1.165) is 16.9 Å². The largest absolute Gasteiger partial charge is 0.448 e. The molecule has 0 bridgehead atoms. The standard InChI is InChI=1S/C27H27FN8O4/c28-17-4-3-10-31-19(17)14-32-27(38)21-16-40-24(35-21)8-12-30-11-7-23-33-18-5-1-2-6-22(18)36(23)13-9-25-34-20(15-39-25)26(29)37/h1-6,10,15-16,30H,7-9,11-14H2,(H2,29,37)(H,32,38). The van der Waals surface area contributed by atoms with E-state index in [9.17, 15) is 14.0 Å². The molecule has 2 amide bonds. The van der Waals surface area contributed by atoms with Crippen LogP contribution in [0.15, 0.2) is 64.0 Å². The molecule has 0 aliphatic carbocycles. The number of carbonyl (C=O) groups is 2. The van der Waals surface area contributed by atoms with Gasteiger partial charge in [0.2, 0.25) is 0 Å². The molecule has 12 nitrogen and oxygen atoms in total. The Kier molecular flexibility index (Phi) is 8.21. The van der Waals surface area contributed by atoms with E-state index in [1.54, 1.807) is 0 Å². The number of nitrogens with zero attached hydrogens (tertiary/aromatic N) is 5. The number of hydrogen-bond acceptors (Lipinski definition) is 9. The monoisotopic (exact) mass is 546 g/mol. The van der Waals surface area contributed by atoms with E-state index in [-0.39, 0.29) is 23.6 Å². The third-order valence-corrected chi connectivity index (χ3v) is 6.16. The van der Waals surface area contributed by atoms with Crippen LogP contribution in [0.4, 0.5) is 4.39 Å². The average molecular weight is 547 g/mol. The molecule has 0 spiro atoms. The first-order chi connectivity index (χ1) is 19.5. The highest BCUT2D eigenvalue weighted by molar-refractivity contribution is 5.91. The molecule has 0 unspecified atom stereocenters. The van der Waals surface area contributed by atoms with Crippen LogP contribution in [-0.4, -0.2) is 49.4 Å². The highest BCUT2D eigenvalue weighted by atomic mass is 19.1. The van der Waals surface area contributed by atoms with Crippen LogP contribution in [0.2, 0.25) is 0 Å². The summed E-state index contributed by atoms with van der Waals surface area (Å²) < 4.78 is 26.6. The number of benzene rings is 1. The second kappa shape index (κ2) is 12.3. The summed E-state index contributed by atoms with van der Waals surface area (Å²) >= 11 is 0. The third-order valence-electron chi connectivity index (χ3n) is 6.16. The van der Waals surface area contributed by atoms with Crippen LogP contribution in [0.1, 0.15) is 44.3 Å². The fourth-order valence-corrected chi connectivity index (χ4v) is 4.17. The molecular formula is C27H27FN8O4. The summed E-state index contributed by atoms with van der Waals surface area (Å²) in [5, 5.41) is 5.94. The molecule has 1 aromatic carbocycles. The number of rotatable bonds is 13. The van der Waals surface area contributed by atoms with E-state index in [1.807, 2.05) is 24.3 Å². The Labute approximate surface area is 227 Å². The summed E-state index contributed by atoms with van der Waals surface area (Å²) in [4.78, 5) is 40.6. The molecule has 0 saturated carbocycles. The third kappa shape index (κ3) is 6.38. The highest BCUT2D eigenvalue weighted by Gasteiger charge is 2.15. The van der Waals surface area contributed by atoms with Gasteiger partial charge in [0.05, 0.1) is 23.3 Å². The summed E-state index contributed by atoms with van der Waals surface area (Å²) in [7, 11) is 0. The number of amides is 2. The van der Waals surface area contributed by atoms with E-state index in [0.29, 0.717) is 50.7 Å². The number of aromatic nitrogens is 5. The molecule has 4 heterocycles. The Hall–Kier alpha value is -4.91. The maximum atomic E-state index is 13.7. The number of nitrogens with two attached hydrogens (primary N) is 1. The number of nitrogens with one attached hydrogen (secondary N) is 2. The van der Waals surface area contributed by atoms with Gasteiger partial charge in [-0.15, -0.1) is 0 Å². The summed E-state index contributed by atoms with van der Waals surface area (Å²) in [5.74, 6) is 0.154. The SMILES string of the molecule is NC(=O)c1coc(CCn2c(CCNCCc3nc(C(=O)NCc4ncccc4F)co3)nc3ccccc32)n1. The molecule has 206 valence electrons. The minimum absolute atomic E-state index is 0.0491. The number of fused-ring (bicyclic) bond motifs is 1. The fraction of sp³-hybridized carbons (Fsp3) is 0.259. The van der Waals surface area contributed by atoms with Gasteiger partial charge in [-0.25, -0.2) is 19.3 Å². The second-order valence-electron chi connectivity index (χ2n) is 8.90. The van der Waals surface area contributed by atoms with Gasteiger partial charge in [0, 0.05) is 45.1 Å². The summed E-state index contributed by atoms with van der Waals surface area (Å²) in [6.07, 6.45) is 5.62. The van der Waals surface area contributed by atoms with E-state index in [1.165, 1.54) is 30.9 Å². The van der Waals surface area contributed by atoms with Crippen LogP contribution >= 0.6 is 0 Å². The lowest BCUT2D eigenvalue weighted by molar-refractivity contribution is 0.0943. The van der Waals surface area contributed by atoms with Gasteiger partial charge in [0.25, 0.3) is 11.8 Å². The zero-order chi connectivity index (χ0) is 27.9. The number of hydrogen-bond donors (Lipinski definition) is 3. The van der Waals surface area contributed by atoms with Crippen molar-refractivity contribution < 1.29 is 22.8 Å². The molecule has 40 heavy (non-hydrogen) atoms. The average Bonchev–Trinajstić information content (AvgIpc) is 3.70. The van der Waals surface area contributed by atoms with Crippen molar-refractivity contribution in [2.24, 2.45) is 5.73 Å². The van der Waals surface area contributed by atoms with Gasteiger partial charge >= 0.3 is 0 Å². The fourth-order valence-electron chi connectivity index (χ4n) is 4.17. The molecule has 4 N–H and O–H groups in total. The van der Waals surface area contributed by atoms with E-state index < -0.39 is 17.6 Å². The number of aryl methyl sites for hydroxylation is 2. The Balaban J connectivity index is 1.11. The van der Waals surface area contributed by atoms with Crippen molar-refractivity contribution in [3.05, 3.63) is 95.6 Å². The molecular weight excluding hydrogens is 519 g/mol. The Bertz CT molecular complexity index is 1630. The number of para-hydroxylation sites is 2. The van der Waals surface area contributed by atoms with Crippen LogP contribution in [0.5, 0.6) is 0 Å². The van der Waals surface area contributed by atoms with Gasteiger partial charge in [0.15, 0.2) is 23.2 Å². The van der Waals surface area contributed by atoms with Gasteiger partial charge in [-0.05, 0) is 24.3 Å². The predicted molar refractivity (Wildman–Crippen MR) is 141 cm³/mol. The smallest absolute Gasteiger partial charge is 0.273 e. The van der Waals surface area contributed by atoms with E-state index in [4.69, 9.17) is 19.6 Å². The van der Waals surface area contributed by atoms with Crippen LogP contribution < -0.4 is 16.4 Å². The summed E-state index contributed by atoms with van der Waals surface area (Å²) in [6, 6.07) is 10.6. The molecule has 5 aromatic rings. The molecule has 0 fully saturated rings. The lowest BCUT2D eigenvalue weighted by Crippen LogP contribution is -2.24. The number of carbonyl (C=O) groups excluding carboxylic acids is 2. The highest BCUT2D eigenvalue weighted by Crippen LogP contribution is 2.17. The Morgan fingerprint density at radius 1 is 0.925 bits per heavy atom. The molecule has 13 heteroatoms. The Morgan fingerprint density at radius 3 is 2.48 bits per heavy atom. The molecule has 0 atom stereocenters. The first-order valence-corrected chi connectivity index (χ1v) is 12.7. The lowest BCUT2D eigenvalue weighted by atomic mass is 10.3. The topological polar surface area (TPSA) is 167 Å². The molecule has 0 radical (unpaired) electrons. The van der Waals surface area contributed by atoms with Crippen molar-refractivity contribution in [3.63, 3.8) is 0 Å². The van der Waals surface area contributed by atoms with Gasteiger partial charge in [0.1, 0.15) is 24.2 Å². The zero-order valence-corrected chi connectivity index (χ0v) is 21.5. The van der Waals surface area contributed by atoms with Crippen LogP contribution in [0, 0.1) is 5.82 Å². The number of oxazole rings is 2. The summed E-state index contributed by atoms with van der Waals surface area (Å²) in [6.45, 7) is 1.75. The lowest BCUT2D eigenvalue weighted by Gasteiger charge is -2.09. The molecule has 5 rings (SSSR count). The van der Waals surface area contributed by atoms with Crippen molar-refractivity contribution in [2.75, 3.05) is 13.1 Å². The van der Waals surface area contributed by atoms with Gasteiger partial charge in [-0.2, -0.15) is 0 Å². The predicted octanol–water partition coefficient (Wildman–Crippen LogP) is 2.19. The van der Waals surface area contributed by atoms with Crippen molar-refractivity contribution in [1.29, 1.82) is 0 Å².